The van der Waals surface area contributed by atoms with Crippen LogP contribution in [0.15, 0.2) is 365 Å². The van der Waals surface area contributed by atoms with Crippen molar-refractivity contribution in [2.75, 3.05) is 20.8 Å². The summed E-state index contributed by atoms with van der Waals surface area (Å²) >= 11 is 0. The number of rotatable bonds is 20. The molecule has 20 nitrogen and oxygen atoms in total. The minimum atomic E-state index is -0.990. The van der Waals surface area contributed by atoms with Gasteiger partial charge < -0.3 is 65.4 Å². The Morgan fingerprint density at radius 3 is 0.788 bits per heavy atom. The standard InChI is InChI=1S/4C22H14FN2.C6H5NO2.C5H8NO2.C5H12O4.C5H12O2.4Ir/c4*23-19-13-11-16(12-14-19)20-15-24-21(17-7-3-1-4-8-17)22(25-20)18-9-5-2-6-10-18;8-6(9)5-3-1-2-4-7-5;7-5(8)4-2-1-3-6-4;1-8-4(6)3-5(7)9-2;1-4(6)3-5(2)7;;;;/h4*1-7,9-15H;1-4H,(H,8,9);4H,1-3H2,(H,7,8);4-7H,3H2,1-2H3;4-7H,3H2,1-2H3;;;;/q4*-1;;-1;;;;;;. The van der Waals surface area contributed by atoms with Crippen molar-refractivity contribution in [2.45, 2.75) is 70.4 Å². The van der Waals surface area contributed by atoms with Gasteiger partial charge in [-0.05, 0) is 158 Å². The number of methoxy groups -OCH3 is 2. The average molecular weight is 2550 g/mol. The van der Waals surface area contributed by atoms with E-state index in [0.29, 0.717) is 29.2 Å². The second-order valence-electron chi connectivity index (χ2n) is 29.4. The van der Waals surface area contributed by atoms with Crippen LogP contribution in [0.25, 0.3) is 140 Å². The van der Waals surface area contributed by atoms with Gasteiger partial charge in [-0.1, -0.05) is 140 Å². The number of carboxylic acids is 2. The molecule has 0 aliphatic carbocycles. The Labute approximate surface area is 847 Å². The molecule has 12 aromatic carbocycles. The van der Waals surface area contributed by atoms with Crippen LogP contribution >= 0.6 is 0 Å². The van der Waals surface area contributed by atoms with E-state index in [1.54, 1.807) is 99.3 Å². The molecule has 0 amide bonds. The molecular weight excluding hydrogens is 2450 g/mol. The van der Waals surface area contributed by atoms with E-state index in [1.807, 2.05) is 218 Å². The molecule has 17 aromatic rings. The van der Waals surface area contributed by atoms with Gasteiger partial charge in [-0.3, -0.25) is 24.7 Å². The molecule has 0 bridgehead atoms. The Bertz CT molecular complexity index is 5690. The number of carbonyl (C=O) groups is 2. The molecule has 0 spiro atoms. The molecular formula is C109H93F4Ir4N10O10-5. The molecule has 1 aliphatic rings. The predicted octanol–water partition coefficient (Wildman–Crippen LogP) is 22.5. The number of carboxylic acid groups (broad SMARTS) is 2. The summed E-state index contributed by atoms with van der Waals surface area (Å²) in [7, 11) is 2.71. The molecule has 28 heteroatoms. The number of aromatic carboxylic acids is 1. The molecule has 1 saturated heterocycles. The number of halogens is 4. The molecule has 6 heterocycles. The van der Waals surface area contributed by atoms with Gasteiger partial charge in [0.25, 0.3) is 5.97 Å². The van der Waals surface area contributed by atoms with E-state index in [-0.39, 0.29) is 128 Å². The topological polar surface area (TPSA) is 304 Å². The van der Waals surface area contributed by atoms with Crippen LogP contribution in [0.3, 0.4) is 0 Å². The summed E-state index contributed by atoms with van der Waals surface area (Å²) in [5.74, 6) is -2.84. The number of aliphatic hydroxyl groups excluding tert-OH is 4. The van der Waals surface area contributed by atoms with Gasteiger partial charge in [0.1, 0.15) is 29.0 Å². The Kier molecular flexibility index (Phi) is 48.0. The Morgan fingerprint density at radius 1 is 0.343 bits per heavy atom. The van der Waals surface area contributed by atoms with Gasteiger partial charge in [0.15, 0.2) is 12.6 Å². The summed E-state index contributed by atoms with van der Waals surface area (Å²) in [4.78, 5) is 61.6. The third-order valence-electron chi connectivity index (χ3n) is 19.5. The van der Waals surface area contributed by atoms with E-state index in [2.05, 4.69) is 64.0 Å². The average Bonchev–Trinajstić information content (AvgIpc) is 1.25. The fourth-order valence-corrected chi connectivity index (χ4v) is 12.9. The zero-order valence-corrected chi connectivity index (χ0v) is 83.8. The van der Waals surface area contributed by atoms with Crippen molar-refractivity contribution < 1.29 is 148 Å². The van der Waals surface area contributed by atoms with Gasteiger partial charge in [-0.15, -0.1) is 150 Å². The Morgan fingerprint density at radius 2 is 0.606 bits per heavy atom. The van der Waals surface area contributed by atoms with Crippen molar-refractivity contribution in [1.29, 1.82) is 0 Å². The number of hydrogen-bond donors (Lipinski definition) is 6. The van der Waals surface area contributed by atoms with Crippen LogP contribution in [0.5, 0.6) is 0 Å². The largest absolute Gasteiger partial charge is 0.650 e. The first-order valence-corrected chi connectivity index (χ1v) is 42.1. The summed E-state index contributed by atoms with van der Waals surface area (Å²) in [5, 5.41) is 55.0. The van der Waals surface area contributed by atoms with Crippen molar-refractivity contribution in [3.05, 3.63) is 423 Å². The van der Waals surface area contributed by atoms with E-state index in [0.717, 1.165) is 132 Å². The molecule has 5 unspecified atom stereocenters. The second kappa shape index (κ2) is 59.2. The number of benzene rings is 12. The van der Waals surface area contributed by atoms with Crippen molar-refractivity contribution >= 4 is 11.9 Å². The van der Waals surface area contributed by atoms with E-state index < -0.39 is 30.6 Å². The molecule has 1 aliphatic heterocycles. The van der Waals surface area contributed by atoms with E-state index in [4.69, 9.17) is 50.6 Å². The van der Waals surface area contributed by atoms with E-state index in [9.17, 15) is 27.2 Å². The van der Waals surface area contributed by atoms with E-state index in [1.165, 1.54) is 75.0 Å². The number of aromatic nitrogens is 9. The molecule has 5 aromatic heterocycles. The first-order chi connectivity index (χ1) is 64.7. The van der Waals surface area contributed by atoms with Crippen LogP contribution in [0.2, 0.25) is 0 Å². The maximum Gasteiger partial charge on any atom is 0.354 e. The number of ether oxygens (including phenoxy) is 2. The zero-order chi connectivity index (χ0) is 94.1. The van der Waals surface area contributed by atoms with Crippen molar-refractivity contribution in [3.63, 3.8) is 0 Å². The molecule has 5 atom stereocenters. The molecule has 4 radical (unpaired) electrons. The quantitative estimate of drug-likeness (QED) is 0.0235. The molecule has 18 rings (SSSR count). The fraction of sp³-hybridized carbons (Fsp3) is 0.128. The molecule has 6 N–H and O–H groups in total. The minimum Gasteiger partial charge on any atom is -0.650 e. The normalized spacial score (nSPS) is 12.1. The summed E-state index contributed by atoms with van der Waals surface area (Å²) in [6.07, 6.45) is 7.90. The van der Waals surface area contributed by atoms with Gasteiger partial charge in [0.05, 0.1) is 57.8 Å². The summed E-state index contributed by atoms with van der Waals surface area (Å²) in [5.41, 5.74) is 19.9. The maximum absolute atomic E-state index is 13.2. The van der Waals surface area contributed by atoms with Gasteiger partial charge in [0.2, 0.25) is 0 Å². The molecule has 0 saturated carbocycles. The number of pyridine rings is 1. The third-order valence-corrected chi connectivity index (χ3v) is 19.5. The Balaban J connectivity index is 0.000000222. The summed E-state index contributed by atoms with van der Waals surface area (Å²) in [6, 6.07) is 113. The smallest absolute Gasteiger partial charge is 0.354 e. The first kappa shape index (κ1) is 111. The third kappa shape index (κ3) is 35.3. The number of aliphatic carboxylic acids is 1. The summed E-state index contributed by atoms with van der Waals surface area (Å²) < 4.78 is 61.6. The van der Waals surface area contributed by atoms with Crippen molar-refractivity contribution in [1.82, 2.24) is 44.9 Å². The van der Waals surface area contributed by atoms with Crippen LogP contribution in [-0.4, -0.2) is 139 Å². The number of aliphatic hydroxyl groups is 4. The second-order valence-corrected chi connectivity index (χ2v) is 29.4. The van der Waals surface area contributed by atoms with Crippen LogP contribution in [-0.2, 0) is 94.7 Å². The summed E-state index contributed by atoms with van der Waals surface area (Å²) in [6.45, 7) is 4.05. The van der Waals surface area contributed by atoms with E-state index >= 15 is 0 Å². The van der Waals surface area contributed by atoms with Crippen LogP contribution < -0.4 is 0 Å². The maximum atomic E-state index is 13.2. The van der Waals surface area contributed by atoms with Gasteiger partial charge in [-0.25, -0.2) is 27.3 Å². The molecule has 1 fully saturated rings. The van der Waals surface area contributed by atoms with Gasteiger partial charge in [-0.2, -0.15) is 0 Å². The predicted molar refractivity (Wildman–Crippen MR) is 507 cm³/mol. The minimum absolute atomic E-state index is 0. The van der Waals surface area contributed by atoms with Gasteiger partial charge >= 0.3 is 5.97 Å². The van der Waals surface area contributed by atoms with Crippen LogP contribution in [0.1, 0.15) is 50.0 Å². The molecule has 708 valence electrons. The number of nitrogens with zero attached hydrogens (tertiary/aromatic N) is 10. The van der Waals surface area contributed by atoms with Crippen LogP contribution in [0.4, 0.5) is 17.6 Å². The SMILES string of the molecule is CC(O)CC(C)O.COC(O)CC(O)OC.Fc1ccc(-c2cnc(-c3[c-]cccc3)c(-c3ccccc3)n2)cc1.Fc1ccc(-c2cnc(-c3[c-]cccc3)c(-c3ccccc3)n2)cc1.Fc1ccc(-c2cnc(-c3[c-]cccc3)c(-c3ccccc3)n2)cc1.Fc1ccc(-c2cnc(-c3[c-]cccc3)c(-c3ccccc3)n2)cc1.O=C(O)C1CCC[N-]1.O=C(O)c1ccccn1.[Ir].[Ir].[Ir].[Ir]. The van der Waals surface area contributed by atoms with Crippen LogP contribution in [0, 0.1) is 47.5 Å². The van der Waals surface area contributed by atoms with Gasteiger partial charge in [0, 0.05) is 177 Å². The zero-order valence-electron chi connectivity index (χ0n) is 74.2. The van der Waals surface area contributed by atoms with Crippen molar-refractivity contribution in [3.8, 4) is 135 Å². The fourth-order valence-electron chi connectivity index (χ4n) is 12.9. The monoisotopic (exact) mass is 2550 g/mol. The Hall–Kier alpha value is -12.9. The van der Waals surface area contributed by atoms with Crippen molar-refractivity contribution in [2.24, 2.45) is 0 Å². The molecule has 137 heavy (non-hydrogen) atoms. The first-order valence-electron chi connectivity index (χ1n) is 42.1. The number of hydrogen-bond acceptors (Lipinski definition) is 17.